The van der Waals surface area contributed by atoms with Gasteiger partial charge in [0.25, 0.3) is 0 Å². The van der Waals surface area contributed by atoms with Crippen LogP contribution in [0.2, 0.25) is 0 Å². The van der Waals surface area contributed by atoms with Crippen LogP contribution in [0.5, 0.6) is 0 Å². The Labute approximate surface area is 147 Å². The van der Waals surface area contributed by atoms with Crippen molar-refractivity contribution in [2.75, 3.05) is 6.54 Å². The minimum atomic E-state index is -1.08. The van der Waals surface area contributed by atoms with E-state index in [1.807, 2.05) is 13.8 Å². The number of primary amides is 1. The highest BCUT2D eigenvalue weighted by atomic mass is 16.4. The molecular weight excluding hydrogens is 328 g/mol. The minimum absolute atomic E-state index is 0.00989. The van der Waals surface area contributed by atoms with Crippen molar-refractivity contribution in [2.24, 2.45) is 17.4 Å². The molecule has 25 heavy (non-hydrogen) atoms. The fourth-order valence-corrected chi connectivity index (χ4v) is 2.81. The van der Waals surface area contributed by atoms with Crippen molar-refractivity contribution in [1.82, 2.24) is 10.2 Å². The Hall–Kier alpha value is -2.16. The number of hydrogen-bond acceptors (Lipinski definition) is 5. The van der Waals surface area contributed by atoms with Crippen molar-refractivity contribution < 1.29 is 24.3 Å². The van der Waals surface area contributed by atoms with Crippen molar-refractivity contribution in [3.63, 3.8) is 0 Å². The molecule has 0 spiro atoms. The number of rotatable bonds is 9. The van der Waals surface area contributed by atoms with E-state index < -0.39 is 41.8 Å². The Morgan fingerprint density at radius 3 is 2.48 bits per heavy atom. The fraction of sp³-hybridized carbons (Fsp3) is 0.750. The van der Waals surface area contributed by atoms with Crippen LogP contribution in [0.25, 0.3) is 0 Å². The van der Waals surface area contributed by atoms with E-state index in [1.54, 1.807) is 0 Å². The summed E-state index contributed by atoms with van der Waals surface area (Å²) in [6, 6.07) is -2.72. The molecule has 0 saturated carbocycles. The molecule has 1 aliphatic heterocycles. The lowest BCUT2D eigenvalue weighted by atomic mass is 9.98. The van der Waals surface area contributed by atoms with Crippen LogP contribution < -0.4 is 16.8 Å². The molecule has 0 aromatic rings. The summed E-state index contributed by atoms with van der Waals surface area (Å²) >= 11 is 0. The quantitative estimate of drug-likeness (QED) is 0.423. The van der Waals surface area contributed by atoms with E-state index in [9.17, 15) is 24.3 Å². The maximum Gasteiger partial charge on any atom is 0.326 e. The van der Waals surface area contributed by atoms with Crippen LogP contribution in [-0.4, -0.2) is 58.4 Å². The van der Waals surface area contributed by atoms with Gasteiger partial charge in [0.1, 0.15) is 12.1 Å². The zero-order valence-corrected chi connectivity index (χ0v) is 14.7. The summed E-state index contributed by atoms with van der Waals surface area (Å²) in [5, 5.41) is 11.8. The summed E-state index contributed by atoms with van der Waals surface area (Å²) in [7, 11) is 0. The molecule has 9 heteroatoms. The van der Waals surface area contributed by atoms with Crippen molar-refractivity contribution >= 4 is 23.7 Å². The van der Waals surface area contributed by atoms with Crippen molar-refractivity contribution in [2.45, 2.75) is 64.1 Å². The predicted molar refractivity (Wildman–Crippen MR) is 90.2 cm³/mol. The Morgan fingerprint density at radius 1 is 1.32 bits per heavy atom. The van der Waals surface area contributed by atoms with E-state index in [0.29, 0.717) is 25.8 Å². The number of amides is 3. The molecule has 0 aromatic heterocycles. The summed E-state index contributed by atoms with van der Waals surface area (Å²) in [6.45, 7) is 4.02. The summed E-state index contributed by atoms with van der Waals surface area (Å²) in [5.74, 6) is -2.78. The number of nitrogens with zero attached hydrogens (tertiary/aromatic N) is 1. The molecule has 1 saturated heterocycles. The maximum absolute atomic E-state index is 12.7. The third kappa shape index (κ3) is 5.70. The second-order valence-electron chi connectivity index (χ2n) is 6.51. The third-order valence-electron chi connectivity index (χ3n) is 4.67. The van der Waals surface area contributed by atoms with Crippen LogP contribution in [0.4, 0.5) is 0 Å². The number of carbonyl (C=O) groups is 4. The van der Waals surface area contributed by atoms with Gasteiger partial charge in [0, 0.05) is 13.0 Å². The SMILES string of the molecule is CCC(C)C(N)C(=O)NC(CCC(N)=O)C(=O)N1CCCC1C(=O)O. The van der Waals surface area contributed by atoms with E-state index in [2.05, 4.69) is 5.32 Å². The topological polar surface area (TPSA) is 156 Å². The van der Waals surface area contributed by atoms with Gasteiger partial charge in [0.05, 0.1) is 6.04 Å². The normalized spacial score (nSPS) is 20.6. The molecule has 4 atom stereocenters. The van der Waals surface area contributed by atoms with Crippen LogP contribution in [0.15, 0.2) is 0 Å². The molecule has 9 nitrogen and oxygen atoms in total. The number of carboxylic acid groups (broad SMARTS) is 1. The second kappa shape index (κ2) is 9.36. The van der Waals surface area contributed by atoms with Crippen LogP contribution >= 0.6 is 0 Å². The molecule has 0 radical (unpaired) electrons. The van der Waals surface area contributed by atoms with E-state index in [4.69, 9.17) is 11.5 Å². The summed E-state index contributed by atoms with van der Waals surface area (Å²) < 4.78 is 0. The van der Waals surface area contributed by atoms with Crippen LogP contribution in [-0.2, 0) is 19.2 Å². The third-order valence-corrected chi connectivity index (χ3v) is 4.67. The molecular formula is C16H28N4O5. The van der Waals surface area contributed by atoms with Crippen LogP contribution in [0, 0.1) is 5.92 Å². The molecule has 6 N–H and O–H groups in total. The number of nitrogens with two attached hydrogens (primary N) is 2. The molecule has 1 aliphatic rings. The van der Waals surface area contributed by atoms with Gasteiger partial charge in [-0.1, -0.05) is 20.3 Å². The lowest BCUT2D eigenvalue weighted by molar-refractivity contribution is -0.149. The molecule has 1 rings (SSSR count). The number of nitrogens with one attached hydrogen (secondary N) is 1. The van der Waals surface area contributed by atoms with Gasteiger partial charge in [0.2, 0.25) is 17.7 Å². The van der Waals surface area contributed by atoms with Gasteiger partial charge in [-0.3, -0.25) is 14.4 Å². The molecule has 3 amide bonds. The van der Waals surface area contributed by atoms with Crippen LogP contribution in [0.1, 0.15) is 46.0 Å². The number of carbonyl (C=O) groups excluding carboxylic acids is 3. The Kier molecular flexibility index (Phi) is 7.82. The monoisotopic (exact) mass is 356 g/mol. The van der Waals surface area contributed by atoms with E-state index >= 15 is 0 Å². The molecule has 1 fully saturated rings. The van der Waals surface area contributed by atoms with Gasteiger partial charge in [-0.15, -0.1) is 0 Å². The van der Waals surface area contributed by atoms with Gasteiger partial charge in [-0.2, -0.15) is 0 Å². The first-order valence-electron chi connectivity index (χ1n) is 8.56. The molecule has 142 valence electrons. The highest BCUT2D eigenvalue weighted by Crippen LogP contribution is 2.19. The predicted octanol–water partition coefficient (Wildman–Crippen LogP) is -0.814. The van der Waals surface area contributed by atoms with E-state index in [0.717, 1.165) is 0 Å². The average molecular weight is 356 g/mol. The standard InChI is InChI=1S/C16H28N4O5/c1-3-9(2)13(18)14(22)19-10(6-7-12(17)21)15(23)20-8-4-5-11(20)16(24)25/h9-11,13H,3-8,18H2,1-2H3,(H2,17,21)(H,19,22)(H,24,25). The smallest absolute Gasteiger partial charge is 0.326 e. The summed E-state index contributed by atoms with van der Waals surface area (Å²) in [5.41, 5.74) is 11.0. The summed E-state index contributed by atoms with van der Waals surface area (Å²) in [6.07, 6.45) is 1.55. The zero-order valence-electron chi connectivity index (χ0n) is 14.7. The second-order valence-corrected chi connectivity index (χ2v) is 6.51. The first kappa shape index (κ1) is 20.9. The van der Waals surface area contributed by atoms with Crippen molar-refractivity contribution in [3.8, 4) is 0 Å². The van der Waals surface area contributed by atoms with E-state index in [1.165, 1.54) is 4.90 Å². The Bertz CT molecular complexity index is 525. The van der Waals surface area contributed by atoms with Crippen molar-refractivity contribution in [3.05, 3.63) is 0 Å². The fourth-order valence-electron chi connectivity index (χ4n) is 2.81. The van der Waals surface area contributed by atoms with Crippen molar-refractivity contribution in [1.29, 1.82) is 0 Å². The first-order chi connectivity index (χ1) is 11.7. The van der Waals surface area contributed by atoms with Gasteiger partial charge >= 0.3 is 5.97 Å². The molecule has 1 heterocycles. The Morgan fingerprint density at radius 2 is 1.96 bits per heavy atom. The number of hydrogen-bond donors (Lipinski definition) is 4. The van der Waals surface area contributed by atoms with Gasteiger partial charge in [-0.05, 0) is 25.2 Å². The Balaban J connectivity index is 2.88. The van der Waals surface area contributed by atoms with Gasteiger partial charge < -0.3 is 26.8 Å². The molecule has 0 aliphatic carbocycles. The number of aliphatic carboxylic acids is 1. The highest BCUT2D eigenvalue weighted by molar-refractivity contribution is 5.92. The molecule has 0 bridgehead atoms. The average Bonchev–Trinajstić information content (AvgIpc) is 3.05. The lowest BCUT2D eigenvalue weighted by Gasteiger charge is -2.28. The van der Waals surface area contributed by atoms with Crippen LogP contribution in [0.3, 0.4) is 0 Å². The zero-order chi connectivity index (χ0) is 19.1. The van der Waals surface area contributed by atoms with Gasteiger partial charge in [-0.25, -0.2) is 4.79 Å². The summed E-state index contributed by atoms with van der Waals surface area (Å²) in [4.78, 5) is 48.6. The first-order valence-corrected chi connectivity index (χ1v) is 8.56. The highest BCUT2D eigenvalue weighted by Gasteiger charge is 2.38. The maximum atomic E-state index is 12.7. The number of carboxylic acids is 1. The van der Waals surface area contributed by atoms with Gasteiger partial charge in [0.15, 0.2) is 0 Å². The minimum Gasteiger partial charge on any atom is -0.480 e. The van der Waals surface area contributed by atoms with E-state index in [-0.39, 0.29) is 18.8 Å². The number of likely N-dealkylation sites (tertiary alicyclic amines) is 1. The molecule has 4 unspecified atom stereocenters. The lowest BCUT2D eigenvalue weighted by Crippen LogP contribution is -2.55. The largest absolute Gasteiger partial charge is 0.480 e. The molecule has 0 aromatic carbocycles.